The first kappa shape index (κ1) is 19.1. The fraction of sp³-hybridized carbons (Fsp3) is 0.650. The summed E-state index contributed by atoms with van der Waals surface area (Å²) in [5.74, 6) is 0.147. The zero-order valence-electron chi connectivity index (χ0n) is 15.8. The van der Waals surface area contributed by atoms with Gasteiger partial charge in [0.15, 0.2) is 5.78 Å². The van der Waals surface area contributed by atoms with Crippen LogP contribution in [0.25, 0.3) is 0 Å². The van der Waals surface area contributed by atoms with Crippen LogP contribution in [0.3, 0.4) is 0 Å². The summed E-state index contributed by atoms with van der Waals surface area (Å²) in [6.07, 6.45) is 3.78. The molecule has 1 unspecified atom stereocenters. The SMILES string of the molecule is CC(=O)c1cccc(CN2CCCC(N(C)CCCN(C)C)C2)c1. The molecule has 1 saturated heterocycles. The van der Waals surface area contributed by atoms with Crippen LogP contribution in [0, 0.1) is 0 Å². The first-order valence-electron chi connectivity index (χ1n) is 9.13. The molecule has 0 aliphatic carbocycles. The quantitative estimate of drug-likeness (QED) is 0.685. The lowest BCUT2D eigenvalue weighted by Crippen LogP contribution is -2.46. The molecule has 4 heteroatoms. The van der Waals surface area contributed by atoms with Crippen molar-refractivity contribution in [2.24, 2.45) is 0 Å². The molecule has 0 spiro atoms. The molecule has 24 heavy (non-hydrogen) atoms. The molecule has 1 heterocycles. The van der Waals surface area contributed by atoms with Gasteiger partial charge in [0, 0.05) is 24.7 Å². The Morgan fingerprint density at radius 1 is 1.25 bits per heavy atom. The number of Topliss-reactive ketones (excluding diaryl/α,β-unsaturated/α-hetero) is 1. The van der Waals surface area contributed by atoms with Crippen LogP contribution in [-0.2, 0) is 6.54 Å². The Balaban J connectivity index is 1.86. The second-order valence-corrected chi connectivity index (χ2v) is 7.43. The van der Waals surface area contributed by atoms with E-state index in [-0.39, 0.29) is 5.78 Å². The van der Waals surface area contributed by atoms with Gasteiger partial charge in [0.25, 0.3) is 0 Å². The number of hydrogen-bond acceptors (Lipinski definition) is 4. The fourth-order valence-corrected chi connectivity index (χ4v) is 3.50. The monoisotopic (exact) mass is 331 g/mol. The minimum atomic E-state index is 0.147. The van der Waals surface area contributed by atoms with Crippen molar-refractivity contribution in [3.8, 4) is 0 Å². The maximum atomic E-state index is 11.6. The molecule has 1 atom stereocenters. The first-order valence-corrected chi connectivity index (χ1v) is 9.13. The molecule has 2 rings (SSSR count). The van der Waals surface area contributed by atoms with Gasteiger partial charge in [-0.2, -0.15) is 0 Å². The van der Waals surface area contributed by atoms with Gasteiger partial charge in [0.05, 0.1) is 0 Å². The number of ketones is 1. The third kappa shape index (κ3) is 6.00. The number of hydrogen-bond donors (Lipinski definition) is 0. The molecule has 1 aromatic carbocycles. The summed E-state index contributed by atoms with van der Waals surface area (Å²) in [4.78, 5) is 18.9. The predicted octanol–water partition coefficient (Wildman–Crippen LogP) is 2.74. The van der Waals surface area contributed by atoms with Gasteiger partial charge in [0.2, 0.25) is 0 Å². The summed E-state index contributed by atoms with van der Waals surface area (Å²) >= 11 is 0. The minimum absolute atomic E-state index is 0.147. The molecule has 134 valence electrons. The van der Waals surface area contributed by atoms with Gasteiger partial charge in [-0.25, -0.2) is 0 Å². The van der Waals surface area contributed by atoms with E-state index in [0.29, 0.717) is 6.04 Å². The Hall–Kier alpha value is -1.23. The highest BCUT2D eigenvalue weighted by Gasteiger charge is 2.23. The third-order valence-corrected chi connectivity index (χ3v) is 4.96. The van der Waals surface area contributed by atoms with E-state index in [1.165, 1.54) is 24.8 Å². The number of likely N-dealkylation sites (N-methyl/N-ethyl adjacent to an activating group) is 1. The van der Waals surface area contributed by atoms with Gasteiger partial charge in [0.1, 0.15) is 0 Å². The van der Waals surface area contributed by atoms with Crippen molar-refractivity contribution in [3.63, 3.8) is 0 Å². The van der Waals surface area contributed by atoms with Crippen LogP contribution < -0.4 is 0 Å². The third-order valence-electron chi connectivity index (χ3n) is 4.96. The van der Waals surface area contributed by atoms with Crippen molar-refractivity contribution in [1.82, 2.24) is 14.7 Å². The molecule has 1 aliphatic rings. The molecule has 0 saturated carbocycles. The molecular weight excluding hydrogens is 298 g/mol. The van der Waals surface area contributed by atoms with E-state index in [9.17, 15) is 4.79 Å². The van der Waals surface area contributed by atoms with Crippen LogP contribution in [0.4, 0.5) is 0 Å². The van der Waals surface area contributed by atoms with Crippen molar-refractivity contribution in [2.45, 2.75) is 38.8 Å². The summed E-state index contributed by atoms with van der Waals surface area (Å²) in [5.41, 5.74) is 2.07. The number of carbonyl (C=O) groups excluding carboxylic acids is 1. The minimum Gasteiger partial charge on any atom is -0.309 e. The van der Waals surface area contributed by atoms with E-state index < -0.39 is 0 Å². The highest BCUT2D eigenvalue weighted by molar-refractivity contribution is 5.94. The van der Waals surface area contributed by atoms with Gasteiger partial charge in [-0.1, -0.05) is 18.2 Å². The molecular formula is C20H33N3O. The summed E-state index contributed by atoms with van der Waals surface area (Å²) in [6.45, 7) is 7.19. The smallest absolute Gasteiger partial charge is 0.159 e. The van der Waals surface area contributed by atoms with E-state index >= 15 is 0 Å². The Morgan fingerprint density at radius 3 is 2.75 bits per heavy atom. The van der Waals surface area contributed by atoms with Gasteiger partial charge in [-0.15, -0.1) is 0 Å². The Morgan fingerprint density at radius 2 is 2.04 bits per heavy atom. The Kier molecular flexibility index (Phi) is 7.40. The van der Waals surface area contributed by atoms with Crippen LogP contribution in [-0.4, -0.2) is 73.8 Å². The molecule has 1 fully saturated rings. The van der Waals surface area contributed by atoms with Crippen molar-refractivity contribution < 1.29 is 4.79 Å². The van der Waals surface area contributed by atoms with E-state index in [4.69, 9.17) is 0 Å². The van der Waals surface area contributed by atoms with Crippen LogP contribution in [0.15, 0.2) is 24.3 Å². The summed E-state index contributed by atoms with van der Waals surface area (Å²) < 4.78 is 0. The molecule has 0 amide bonds. The highest BCUT2D eigenvalue weighted by atomic mass is 16.1. The number of piperidine rings is 1. The maximum Gasteiger partial charge on any atom is 0.159 e. The molecule has 0 aromatic heterocycles. The maximum absolute atomic E-state index is 11.6. The summed E-state index contributed by atoms with van der Waals surface area (Å²) in [7, 11) is 6.54. The normalized spacial score (nSPS) is 19.2. The molecule has 0 N–H and O–H groups in total. The van der Waals surface area contributed by atoms with E-state index in [0.717, 1.165) is 38.3 Å². The summed E-state index contributed by atoms with van der Waals surface area (Å²) in [6, 6.07) is 8.74. The first-order chi connectivity index (χ1) is 11.5. The van der Waals surface area contributed by atoms with Gasteiger partial charge in [-0.3, -0.25) is 9.69 Å². The van der Waals surface area contributed by atoms with Crippen molar-refractivity contribution in [2.75, 3.05) is 47.3 Å². The van der Waals surface area contributed by atoms with E-state index in [2.05, 4.69) is 41.9 Å². The van der Waals surface area contributed by atoms with E-state index in [1.54, 1.807) is 6.92 Å². The molecule has 1 aliphatic heterocycles. The van der Waals surface area contributed by atoms with Crippen LogP contribution >= 0.6 is 0 Å². The van der Waals surface area contributed by atoms with Crippen LogP contribution in [0.5, 0.6) is 0 Å². The molecule has 4 nitrogen and oxygen atoms in total. The topological polar surface area (TPSA) is 26.8 Å². The van der Waals surface area contributed by atoms with Gasteiger partial charge < -0.3 is 9.80 Å². The summed E-state index contributed by atoms with van der Waals surface area (Å²) in [5, 5.41) is 0. The van der Waals surface area contributed by atoms with E-state index in [1.807, 2.05) is 18.2 Å². The number of nitrogens with zero attached hydrogens (tertiary/aromatic N) is 3. The largest absolute Gasteiger partial charge is 0.309 e. The average molecular weight is 332 g/mol. The van der Waals surface area contributed by atoms with Gasteiger partial charge >= 0.3 is 0 Å². The second kappa shape index (κ2) is 9.30. The predicted molar refractivity (Wildman–Crippen MR) is 101 cm³/mol. The molecule has 0 radical (unpaired) electrons. The Labute approximate surface area is 147 Å². The van der Waals surface area contributed by atoms with Crippen molar-refractivity contribution >= 4 is 5.78 Å². The number of likely N-dealkylation sites (tertiary alicyclic amines) is 1. The highest BCUT2D eigenvalue weighted by Crippen LogP contribution is 2.18. The standard InChI is InChI=1S/C20H33N3O/c1-17(24)19-9-5-8-18(14-19)15-23-13-6-10-20(16-23)22(4)12-7-11-21(2)3/h5,8-9,14,20H,6-7,10-13,15-16H2,1-4H3. The number of carbonyl (C=O) groups is 1. The molecule has 0 bridgehead atoms. The number of rotatable bonds is 8. The zero-order chi connectivity index (χ0) is 17.5. The second-order valence-electron chi connectivity index (χ2n) is 7.43. The number of benzene rings is 1. The lowest BCUT2D eigenvalue weighted by atomic mass is 10.0. The van der Waals surface area contributed by atoms with Gasteiger partial charge in [-0.05, 0) is 78.6 Å². The zero-order valence-corrected chi connectivity index (χ0v) is 15.8. The van der Waals surface area contributed by atoms with Crippen LogP contribution in [0.2, 0.25) is 0 Å². The lowest BCUT2D eigenvalue weighted by molar-refractivity contribution is 0.101. The lowest BCUT2D eigenvalue weighted by Gasteiger charge is -2.38. The van der Waals surface area contributed by atoms with Crippen molar-refractivity contribution in [3.05, 3.63) is 35.4 Å². The average Bonchev–Trinajstić information content (AvgIpc) is 2.55. The van der Waals surface area contributed by atoms with Crippen LogP contribution in [0.1, 0.15) is 42.1 Å². The Bertz CT molecular complexity index is 529. The molecule has 1 aromatic rings. The fourth-order valence-electron chi connectivity index (χ4n) is 3.50. The van der Waals surface area contributed by atoms with Crippen molar-refractivity contribution in [1.29, 1.82) is 0 Å².